The third kappa shape index (κ3) is 7.51. The molecule has 2 aromatic carbocycles. The van der Waals surface area contributed by atoms with Gasteiger partial charge in [-0.1, -0.05) is 30.3 Å². The first-order chi connectivity index (χ1) is 14.8. The van der Waals surface area contributed by atoms with E-state index in [0.29, 0.717) is 30.2 Å². The van der Waals surface area contributed by atoms with Gasteiger partial charge in [0.15, 0.2) is 6.61 Å². The van der Waals surface area contributed by atoms with Gasteiger partial charge >= 0.3 is 0 Å². The van der Waals surface area contributed by atoms with E-state index in [2.05, 4.69) is 5.32 Å². The molecule has 1 N–H and O–H groups in total. The van der Waals surface area contributed by atoms with Crippen LogP contribution in [-0.4, -0.2) is 56.2 Å². The summed E-state index contributed by atoms with van der Waals surface area (Å²) >= 11 is 0. The molecule has 0 unspecified atom stereocenters. The van der Waals surface area contributed by atoms with Crippen molar-refractivity contribution in [2.75, 3.05) is 27.4 Å². The van der Waals surface area contributed by atoms with E-state index < -0.39 is 6.04 Å². The second kappa shape index (κ2) is 11.8. The largest absolute Gasteiger partial charge is 0.496 e. The molecule has 2 rings (SSSR count). The zero-order valence-corrected chi connectivity index (χ0v) is 18.9. The molecule has 7 heteroatoms. The van der Waals surface area contributed by atoms with Crippen LogP contribution in [-0.2, 0) is 16.0 Å². The van der Waals surface area contributed by atoms with Crippen LogP contribution in [0.3, 0.4) is 0 Å². The summed E-state index contributed by atoms with van der Waals surface area (Å²) in [7, 11) is 3.09. The molecule has 0 saturated carbocycles. The summed E-state index contributed by atoms with van der Waals surface area (Å²) in [6.45, 7) is 5.71. The molecule has 0 saturated heterocycles. The van der Waals surface area contributed by atoms with E-state index in [1.54, 1.807) is 44.2 Å². The Morgan fingerprint density at radius 3 is 2.06 bits per heavy atom. The zero-order valence-electron chi connectivity index (χ0n) is 18.9. The van der Waals surface area contributed by atoms with E-state index in [0.717, 1.165) is 5.56 Å². The van der Waals surface area contributed by atoms with Crippen LogP contribution in [0.4, 0.5) is 0 Å². The lowest BCUT2D eigenvalue weighted by Gasteiger charge is -2.29. The molecular weight excluding hydrogens is 396 g/mol. The highest BCUT2D eigenvalue weighted by Gasteiger charge is 2.26. The Labute approximate surface area is 184 Å². The minimum absolute atomic E-state index is 0.0125. The fourth-order valence-corrected chi connectivity index (χ4v) is 3.07. The maximum absolute atomic E-state index is 13.0. The molecule has 0 aliphatic heterocycles. The number of nitrogens with one attached hydrogen (secondary N) is 1. The molecule has 1 atom stereocenters. The Morgan fingerprint density at radius 1 is 0.935 bits per heavy atom. The van der Waals surface area contributed by atoms with Crippen molar-refractivity contribution < 1.29 is 23.8 Å². The first kappa shape index (κ1) is 24.1. The predicted octanol–water partition coefficient (Wildman–Crippen LogP) is 3.07. The van der Waals surface area contributed by atoms with E-state index in [-0.39, 0.29) is 24.5 Å². The van der Waals surface area contributed by atoms with E-state index in [4.69, 9.17) is 14.2 Å². The molecule has 0 fully saturated rings. The normalized spacial score (nSPS) is 11.5. The Morgan fingerprint density at radius 2 is 1.52 bits per heavy atom. The minimum atomic E-state index is -0.623. The first-order valence-corrected chi connectivity index (χ1v) is 10.3. The molecule has 31 heavy (non-hydrogen) atoms. The van der Waals surface area contributed by atoms with Gasteiger partial charge in [-0.15, -0.1) is 0 Å². The lowest BCUT2D eigenvalue weighted by atomic mass is 10.1. The topological polar surface area (TPSA) is 77.1 Å². The number of carbonyl (C=O) groups is 2. The van der Waals surface area contributed by atoms with Crippen molar-refractivity contribution >= 4 is 11.8 Å². The van der Waals surface area contributed by atoms with Crippen LogP contribution in [0, 0.1) is 0 Å². The molecule has 0 aliphatic carbocycles. The summed E-state index contributed by atoms with van der Waals surface area (Å²) in [6.07, 6.45) is 0.638. The first-order valence-electron chi connectivity index (χ1n) is 10.3. The molecule has 0 radical (unpaired) electrons. The summed E-state index contributed by atoms with van der Waals surface area (Å²) in [5, 5.41) is 2.87. The van der Waals surface area contributed by atoms with Gasteiger partial charge in [0.2, 0.25) is 5.91 Å². The highest BCUT2D eigenvalue weighted by Crippen LogP contribution is 2.27. The second-order valence-electron chi connectivity index (χ2n) is 7.50. The molecule has 0 aliphatic rings. The monoisotopic (exact) mass is 428 g/mol. The summed E-state index contributed by atoms with van der Waals surface area (Å²) in [6, 6.07) is 14.3. The lowest BCUT2D eigenvalue weighted by molar-refractivity contribution is -0.141. The average molecular weight is 429 g/mol. The zero-order chi connectivity index (χ0) is 22.8. The standard InChI is InChI=1S/C24H32N2O5/c1-17(2)25-24(28)18(3)26(12-11-19-9-7-6-8-10-19)23(27)16-31-22-14-20(29-4)13-21(15-22)30-5/h6-10,13-15,17-18H,11-12,16H2,1-5H3,(H,25,28)/t18-/m1/s1. The summed E-state index contributed by atoms with van der Waals surface area (Å²) in [4.78, 5) is 27.2. The third-order valence-corrected chi connectivity index (χ3v) is 4.77. The van der Waals surface area contributed by atoms with E-state index in [1.165, 1.54) is 0 Å². The Kier molecular flexibility index (Phi) is 9.18. The van der Waals surface area contributed by atoms with Crippen LogP contribution < -0.4 is 19.5 Å². The molecule has 7 nitrogen and oxygen atoms in total. The molecule has 0 aromatic heterocycles. The van der Waals surface area contributed by atoms with Crippen molar-refractivity contribution in [3.8, 4) is 17.2 Å². The number of methoxy groups -OCH3 is 2. The van der Waals surface area contributed by atoms with Crippen molar-refractivity contribution in [1.82, 2.24) is 10.2 Å². The van der Waals surface area contributed by atoms with Crippen LogP contribution >= 0.6 is 0 Å². The number of carbonyl (C=O) groups excluding carboxylic acids is 2. The van der Waals surface area contributed by atoms with Crippen LogP contribution in [0.25, 0.3) is 0 Å². The van der Waals surface area contributed by atoms with E-state index >= 15 is 0 Å². The summed E-state index contributed by atoms with van der Waals surface area (Å²) in [5.74, 6) is 1.11. The van der Waals surface area contributed by atoms with Crippen molar-refractivity contribution in [3.05, 3.63) is 54.1 Å². The number of nitrogens with zero attached hydrogens (tertiary/aromatic N) is 1. The van der Waals surface area contributed by atoms with Crippen molar-refractivity contribution in [1.29, 1.82) is 0 Å². The van der Waals surface area contributed by atoms with Gasteiger partial charge in [0.05, 0.1) is 14.2 Å². The Hall–Kier alpha value is -3.22. The van der Waals surface area contributed by atoms with Crippen LogP contribution in [0.1, 0.15) is 26.3 Å². The van der Waals surface area contributed by atoms with Gasteiger partial charge in [0.25, 0.3) is 5.91 Å². The van der Waals surface area contributed by atoms with Gasteiger partial charge in [0, 0.05) is 30.8 Å². The molecule has 2 aromatic rings. The van der Waals surface area contributed by atoms with Gasteiger partial charge in [0.1, 0.15) is 23.3 Å². The number of ether oxygens (including phenoxy) is 3. The second-order valence-corrected chi connectivity index (χ2v) is 7.50. The Bertz CT molecular complexity index is 832. The SMILES string of the molecule is COc1cc(OC)cc(OCC(=O)N(CCc2ccccc2)[C@H](C)C(=O)NC(C)C)c1. The fourth-order valence-electron chi connectivity index (χ4n) is 3.07. The number of hydrogen-bond donors (Lipinski definition) is 1. The van der Waals surface area contributed by atoms with Gasteiger partial charge in [-0.05, 0) is 32.8 Å². The predicted molar refractivity (Wildman–Crippen MR) is 120 cm³/mol. The quantitative estimate of drug-likeness (QED) is 0.595. The Balaban J connectivity index is 2.12. The van der Waals surface area contributed by atoms with Gasteiger partial charge in [-0.25, -0.2) is 0 Å². The molecule has 0 spiro atoms. The molecular formula is C24H32N2O5. The number of hydrogen-bond acceptors (Lipinski definition) is 5. The van der Waals surface area contributed by atoms with Crippen LogP contribution in [0.5, 0.6) is 17.2 Å². The smallest absolute Gasteiger partial charge is 0.261 e. The highest BCUT2D eigenvalue weighted by molar-refractivity contribution is 5.88. The molecule has 168 valence electrons. The van der Waals surface area contributed by atoms with Gasteiger partial charge in [-0.2, -0.15) is 0 Å². The number of benzene rings is 2. The van der Waals surface area contributed by atoms with E-state index in [1.807, 2.05) is 44.2 Å². The summed E-state index contributed by atoms with van der Waals surface area (Å²) in [5.41, 5.74) is 1.09. The van der Waals surface area contributed by atoms with Crippen LogP contribution in [0.2, 0.25) is 0 Å². The molecule has 2 amide bonds. The van der Waals surface area contributed by atoms with Gasteiger partial charge < -0.3 is 24.4 Å². The average Bonchev–Trinajstić information content (AvgIpc) is 2.77. The molecule has 0 bridgehead atoms. The maximum Gasteiger partial charge on any atom is 0.261 e. The highest BCUT2D eigenvalue weighted by atomic mass is 16.5. The van der Waals surface area contributed by atoms with Crippen LogP contribution in [0.15, 0.2) is 48.5 Å². The number of amides is 2. The van der Waals surface area contributed by atoms with Crippen molar-refractivity contribution in [3.63, 3.8) is 0 Å². The van der Waals surface area contributed by atoms with Crippen molar-refractivity contribution in [2.24, 2.45) is 0 Å². The summed E-state index contributed by atoms with van der Waals surface area (Å²) < 4.78 is 16.2. The van der Waals surface area contributed by atoms with E-state index in [9.17, 15) is 9.59 Å². The van der Waals surface area contributed by atoms with Gasteiger partial charge in [-0.3, -0.25) is 9.59 Å². The number of rotatable bonds is 11. The van der Waals surface area contributed by atoms with Crippen molar-refractivity contribution in [2.45, 2.75) is 39.3 Å². The lowest BCUT2D eigenvalue weighted by Crippen LogP contribution is -2.51. The fraction of sp³-hybridized carbons (Fsp3) is 0.417. The third-order valence-electron chi connectivity index (χ3n) is 4.77. The maximum atomic E-state index is 13.0. The molecule has 0 heterocycles. The minimum Gasteiger partial charge on any atom is -0.496 e.